The fourth-order valence-electron chi connectivity index (χ4n) is 3.17. The molecule has 0 N–H and O–H groups in total. The number of halogens is 2. The van der Waals surface area contributed by atoms with Gasteiger partial charge in [-0.1, -0.05) is 66.4 Å². The average Bonchev–Trinajstić information content (AvgIpc) is 3.01. The van der Waals surface area contributed by atoms with Gasteiger partial charge < -0.3 is 4.74 Å². The second-order valence-electron chi connectivity index (χ2n) is 6.94. The summed E-state index contributed by atoms with van der Waals surface area (Å²) in [4.78, 5) is 15.4. The molecule has 0 aliphatic carbocycles. The summed E-state index contributed by atoms with van der Waals surface area (Å²) >= 11 is 11.4. The summed E-state index contributed by atoms with van der Waals surface area (Å²) in [6.45, 7) is 2.46. The van der Waals surface area contributed by atoms with Crippen LogP contribution in [0, 0.1) is 14.1 Å². The van der Waals surface area contributed by atoms with Crippen LogP contribution in [-0.2, 0) is 11.4 Å². The minimum Gasteiger partial charge on any atom is -0.487 e. The number of thioether (sulfide) groups is 1. The first-order valence-electron chi connectivity index (χ1n) is 9.43. The molecule has 0 unspecified atom stereocenters. The lowest BCUT2D eigenvalue weighted by Gasteiger charge is -2.15. The van der Waals surface area contributed by atoms with Gasteiger partial charge in [-0.15, -0.1) is 0 Å². The lowest BCUT2D eigenvalue weighted by molar-refractivity contribution is -0.113. The van der Waals surface area contributed by atoms with Crippen LogP contribution in [-0.4, -0.2) is 10.2 Å². The van der Waals surface area contributed by atoms with Crippen LogP contribution < -0.4 is 9.64 Å². The largest absolute Gasteiger partial charge is 0.487 e. The van der Waals surface area contributed by atoms with Crippen LogP contribution in [0.5, 0.6) is 5.75 Å². The Morgan fingerprint density at radius 1 is 1.06 bits per heavy atom. The summed E-state index contributed by atoms with van der Waals surface area (Å²) in [5.74, 6) is 0.661. The smallest absolute Gasteiger partial charge is 0.270 e. The van der Waals surface area contributed by atoms with Crippen LogP contribution in [0.2, 0.25) is 0 Å². The summed E-state index contributed by atoms with van der Waals surface area (Å²) < 4.78 is 8.80. The van der Waals surface area contributed by atoms with Gasteiger partial charge in [0.15, 0.2) is 4.32 Å². The molecule has 0 spiro atoms. The van der Waals surface area contributed by atoms with E-state index >= 15 is 0 Å². The molecule has 1 heterocycles. The Morgan fingerprint density at radius 2 is 1.84 bits per heavy atom. The average molecular weight is 669 g/mol. The minimum atomic E-state index is -0.108. The van der Waals surface area contributed by atoms with Crippen molar-refractivity contribution < 1.29 is 9.53 Å². The second-order valence-corrected chi connectivity index (χ2v) is 11.0. The highest BCUT2D eigenvalue weighted by molar-refractivity contribution is 14.1. The third-order valence-electron chi connectivity index (χ3n) is 4.60. The maximum Gasteiger partial charge on any atom is 0.270 e. The summed E-state index contributed by atoms with van der Waals surface area (Å²) in [5, 5.41) is 0. The first-order valence-corrected chi connectivity index (χ1v) is 12.8. The lowest BCUT2D eigenvalue weighted by atomic mass is 10.1. The van der Waals surface area contributed by atoms with Crippen molar-refractivity contribution in [1.29, 1.82) is 0 Å². The van der Waals surface area contributed by atoms with Gasteiger partial charge >= 0.3 is 0 Å². The van der Waals surface area contributed by atoms with Gasteiger partial charge in [-0.05, 0) is 93.6 Å². The maximum atomic E-state index is 13.2. The Hall–Kier alpha value is -1.43. The normalized spacial score (nSPS) is 15.1. The number of hydrogen-bond donors (Lipinski definition) is 0. The number of ether oxygens (including phenoxy) is 1. The topological polar surface area (TPSA) is 29.5 Å². The monoisotopic (exact) mass is 669 g/mol. The lowest BCUT2D eigenvalue weighted by Crippen LogP contribution is -2.27. The van der Waals surface area contributed by atoms with Crippen LogP contribution >= 0.6 is 69.2 Å². The van der Waals surface area contributed by atoms with Crippen molar-refractivity contribution in [2.24, 2.45) is 0 Å². The van der Waals surface area contributed by atoms with Crippen LogP contribution in [0.1, 0.15) is 16.7 Å². The number of nitrogens with zero attached hydrogens (tertiary/aromatic N) is 1. The first-order chi connectivity index (χ1) is 14.9. The van der Waals surface area contributed by atoms with Gasteiger partial charge in [0.1, 0.15) is 12.4 Å². The van der Waals surface area contributed by atoms with E-state index in [1.807, 2.05) is 73.7 Å². The molecule has 1 saturated heterocycles. The standard InChI is InChI=1S/C24H17I2NO2S2/c1-15-6-5-9-19(10-15)27-23(28)21(31-24(27)30)12-17-11-18(25)13-20(26)22(17)29-14-16-7-3-2-4-8-16/h2-13H,14H2,1H3/b21-12-. The van der Waals surface area contributed by atoms with Crippen LogP contribution in [0.15, 0.2) is 71.6 Å². The Kier molecular flexibility index (Phi) is 7.35. The van der Waals surface area contributed by atoms with E-state index in [-0.39, 0.29) is 5.91 Å². The van der Waals surface area contributed by atoms with Crippen LogP contribution in [0.25, 0.3) is 6.08 Å². The molecular weight excluding hydrogens is 652 g/mol. The molecule has 0 saturated carbocycles. The molecule has 1 amide bonds. The maximum absolute atomic E-state index is 13.2. The number of thiocarbonyl (C=S) groups is 1. The number of amides is 1. The molecule has 31 heavy (non-hydrogen) atoms. The molecule has 156 valence electrons. The summed E-state index contributed by atoms with van der Waals surface area (Å²) in [5.41, 5.74) is 3.84. The fraction of sp³-hybridized carbons (Fsp3) is 0.0833. The predicted octanol–water partition coefficient (Wildman–Crippen LogP) is 7.19. The molecule has 3 aromatic carbocycles. The van der Waals surface area contributed by atoms with Crippen molar-refractivity contribution in [1.82, 2.24) is 0 Å². The van der Waals surface area contributed by atoms with E-state index in [0.29, 0.717) is 15.8 Å². The zero-order valence-corrected chi connectivity index (χ0v) is 22.4. The van der Waals surface area contributed by atoms with E-state index in [0.717, 1.165) is 35.3 Å². The van der Waals surface area contributed by atoms with Crippen molar-refractivity contribution >= 4 is 91.2 Å². The van der Waals surface area contributed by atoms with Gasteiger partial charge in [-0.2, -0.15) is 0 Å². The fourth-order valence-corrected chi connectivity index (χ4v) is 6.50. The van der Waals surface area contributed by atoms with E-state index in [1.165, 1.54) is 11.8 Å². The Balaban J connectivity index is 1.66. The Morgan fingerprint density at radius 3 is 2.58 bits per heavy atom. The number of carbonyl (C=O) groups is 1. The van der Waals surface area contributed by atoms with E-state index in [9.17, 15) is 4.79 Å². The van der Waals surface area contributed by atoms with E-state index in [2.05, 4.69) is 51.2 Å². The van der Waals surface area contributed by atoms with Gasteiger partial charge in [0.2, 0.25) is 0 Å². The molecule has 7 heteroatoms. The summed E-state index contributed by atoms with van der Waals surface area (Å²) in [6, 6.07) is 22.0. The highest BCUT2D eigenvalue weighted by Gasteiger charge is 2.33. The third-order valence-corrected chi connectivity index (χ3v) is 7.33. The highest BCUT2D eigenvalue weighted by atomic mass is 127. The summed E-state index contributed by atoms with van der Waals surface area (Å²) in [7, 11) is 0. The second kappa shape index (κ2) is 10.0. The van der Waals surface area contributed by atoms with E-state index in [1.54, 1.807) is 4.90 Å². The first kappa shape index (κ1) is 22.8. The Bertz CT molecular complexity index is 1200. The van der Waals surface area contributed by atoms with Crippen molar-refractivity contribution in [2.45, 2.75) is 13.5 Å². The minimum absolute atomic E-state index is 0.108. The number of hydrogen-bond acceptors (Lipinski definition) is 4. The SMILES string of the molecule is Cc1cccc(N2C(=O)/C(=C/c3cc(I)cc(I)c3OCc3ccccc3)SC2=S)c1. The number of rotatable bonds is 5. The van der Waals surface area contributed by atoms with Crippen LogP contribution in [0.4, 0.5) is 5.69 Å². The van der Waals surface area contributed by atoms with Crippen molar-refractivity contribution in [3.63, 3.8) is 0 Å². The zero-order valence-electron chi connectivity index (χ0n) is 16.5. The number of carbonyl (C=O) groups excluding carboxylic acids is 1. The molecular formula is C24H17I2NO2S2. The van der Waals surface area contributed by atoms with Gasteiger partial charge in [-0.25, -0.2) is 0 Å². The highest BCUT2D eigenvalue weighted by Crippen LogP contribution is 2.38. The summed E-state index contributed by atoms with van der Waals surface area (Å²) in [6.07, 6.45) is 1.89. The van der Waals surface area contributed by atoms with Gasteiger partial charge in [0.05, 0.1) is 14.2 Å². The molecule has 3 aromatic rings. The van der Waals surface area contributed by atoms with E-state index in [4.69, 9.17) is 17.0 Å². The zero-order chi connectivity index (χ0) is 22.0. The molecule has 0 aromatic heterocycles. The molecule has 1 aliphatic rings. The van der Waals surface area contributed by atoms with Crippen molar-refractivity contribution in [2.75, 3.05) is 4.90 Å². The quantitative estimate of drug-likeness (QED) is 0.164. The van der Waals surface area contributed by atoms with Crippen LogP contribution in [0.3, 0.4) is 0 Å². The van der Waals surface area contributed by atoms with Crippen molar-refractivity contribution in [3.05, 3.63) is 95.5 Å². The van der Waals surface area contributed by atoms with Gasteiger partial charge in [0.25, 0.3) is 5.91 Å². The molecule has 3 nitrogen and oxygen atoms in total. The molecule has 0 atom stereocenters. The number of anilines is 1. The van der Waals surface area contributed by atoms with Crippen molar-refractivity contribution in [3.8, 4) is 5.75 Å². The van der Waals surface area contributed by atoms with Gasteiger partial charge in [0, 0.05) is 9.13 Å². The molecule has 0 radical (unpaired) electrons. The number of aryl methyl sites for hydroxylation is 1. The molecule has 1 fully saturated rings. The molecule has 4 rings (SSSR count). The molecule has 0 bridgehead atoms. The van der Waals surface area contributed by atoms with E-state index < -0.39 is 0 Å². The Labute approximate surface area is 218 Å². The predicted molar refractivity (Wildman–Crippen MR) is 149 cm³/mol. The molecule has 1 aliphatic heterocycles. The van der Waals surface area contributed by atoms with Gasteiger partial charge in [-0.3, -0.25) is 9.69 Å². The third kappa shape index (κ3) is 5.32. The number of benzene rings is 3.